The Hall–Kier alpha value is -2.49. The molecule has 0 radical (unpaired) electrons. The van der Waals surface area contributed by atoms with E-state index in [1.54, 1.807) is 12.1 Å². The fraction of sp³-hybridized carbons (Fsp3) is 0.300. The van der Waals surface area contributed by atoms with E-state index >= 15 is 0 Å². The first-order valence-corrected chi connectivity index (χ1v) is 10.1. The topological polar surface area (TPSA) is 68.7 Å². The summed E-state index contributed by atoms with van der Waals surface area (Å²) in [7, 11) is 0. The molecule has 0 aliphatic carbocycles. The zero-order chi connectivity index (χ0) is 20.1. The third-order valence-corrected chi connectivity index (χ3v) is 4.90. The number of fused-ring (bicyclic) bond motifs is 1. The van der Waals surface area contributed by atoms with Crippen molar-refractivity contribution in [2.24, 2.45) is 0 Å². The van der Waals surface area contributed by atoms with E-state index in [4.69, 9.17) is 14.3 Å². The summed E-state index contributed by atoms with van der Waals surface area (Å²) in [6, 6.07) is 10.3. The first-order valence-electron chi connectivity index (χ1n) is 9.26. The second-order valence-electron chi connectivity index (χ2n) is 6.41. The van der Waals surface area contributed by atoms with Gasteiger partial charge in [-0.2, -0.15) is 5.06 Å². The average molecular weight is 463 g/mol. The molecule has 1 aliphatic heterocycles. The lowest BCUT2D eigenvalue weighted by molar-refractivity contribution is -0.114. The van der Waals surface area contributed by atoms with Gasteiger partial charge in [-0.1, -0.05) is 15.9 Å². The van der Waals surface area contributed by atoms with Gasteiger partial charge in [0.2, 0.25) is 5.88 Å². The minimum Gasteiger partial charge on any atom is -0.492 e. The summed E-state index contributed by atoms with van der Waals surface area (Å²) in [6.07, 6.45) is 2.48. The predicted octanol–water partition coefficient (Wildman–Crippen LogP) is 4.00. The van der Waals surface area contributed by atoms with Crippen molar-refractivity contribution in [3.05, 3.63) is 53.0 Å². The van der Waals surface area contributed by atoms with Crippen LogP contribution in [0.2, 0.25) is 0 Å². The molecule has 0 spiro atoms. The first-order chi connectivity index (χ1) is 14.2. The van der Waals surface area contributed by atoms with E-state index < -0.39 is 0 Å². The summed E-state index contributed by atoms with van der Waals surface area (Å²) in [5, 5.41) is 5.56. The molecule has 0 bridgehead atoms. The molecule has 3 aromatic rings. The number of hydrogen-bond acceptors (Lipinski definition) is 7. The molecule has 152 valence electrons. The standard InChI is InChI=1S/C20H20BrFN4O3/c21-14-2-5-18(17(22)10-14)25-13-28-20-16-4-3-15(11-19(16)23-12-24-20)27-9-7-26-6-1-8-29-26/h2-5,10-12,25H,1,6-9,13H2. The lowest BCUT2D eigenvalue weighted by Gasteiger charge is -2.14. The van der Waals surface area contributed by atoms with Gasteiger partial charge < -0.3 is 14.8 Å². The number of aromatic nitrogens is 2. The maximum atomic E-state index is 13.9. The van der Waals surface area contributed by atoms with Crippen LogP contribution in [0.3, 0.4) is 0 Å². The highest BCUT2D eigenvalue weighted by Crippen LogP contribution is 2.26. The van der Waals surface area contributed by atoms with Crippen molar-refractivity contribution in [3.63, 3.8) is 0 Å². The van der Waals surface area contributed by atoms with Crippen LogP contribution in [0.4, 0.5) is 10.1 Å². The second kappa shape index (κ2) is 9.34. The Labute approximate surface area is 175 Å². The molecule has 7 nitrogen and oxygen atoms in total. The van der Waals surface area contributed by atoms with Crippen molar-refractivity contribution in [1.82, 2.24) is 15.0 Å². The minimum absolute atomic E-state index is 0.0682. The highest BCUT2D eigenvalue weighted by Gasteiger charge is 2.12. The number of rotatable bonds is 8. The fourth-order valence-corrected chi connectivity index (χ4v) is 3.31. The summed E-state index contributed by atoms with van der Waals surface area (Å²) in [5.41, 5.74) is 1.06. The van der Waals surface area contributed by atoms with E-state index in [9.17, 15) is 4.39 Å². The van der Waals surface area contributed by atoms with Gasteiger partial charge >= 0.3 is 0 Å². The van der Waals surface area contributed by atoms with Crippen molar-refractivity contribution in [2.75, 3.05) is 38.4 Å². The van der Waals surface area contributed by atoms with Gasteiger partial charge in [0.1, 0.15) is 24.5 Å². The lowest BCUT2D eigenvalue weighted by atomic mass is 10.2. The van der Waals surface area contributed by atoms with Crippen LogP contribution >= 0.6 is 15.9 Å². The van der Waals surface area contributed by atoms with Crippen molar-refractivity contribution in [3.8, 4) is 11.6 Å². The molecular weight excluding hydrogens is 443 g/mol. The molecule has 4 rings (SSSR count). The minimum atomic E-state index is -0.364. The average Bonchev–Trinajstić information content (AvgIpc) is 3.23. The van der Waals surface area contributed by atoms with Crippen molar-refractivity contribution >= 4 is 32.5 Å². The molecule has 9 heteroatoms. The van der Waals surface area contributed by atoms with Crippen LogP contribution in [0.1, 0.15) is 6.42 Å². The van der Waals surface area contributed by atoms with Crippen molar-refractivity contribution < 1.29 is 18.7 Å². The van der Waals surface area contributed by atoms with Crippen LogP contribution in [0.15, 0.2) is 47.2 Å². The first kappa shape index (κ1) is 19.8. The summed E-state index contributed by atoms with van der Waals surface area (Å²) in [4.78, 5) is 13.9. The Morgan fingerprint density at radius 3 is 2.93 bits per heavy atom. The molecule has 29 heavy (non-hydrogen) atoms. The zero-order valence-corrected chi connectivity index (χ0v) is 17.2. The van der Waals surface area contributed by atoms with E-state index in [-0.39, 0.29) is 12.5 Å². The highest BCUT2D eigenvalue weighted by molar-refractivity contribution is 9.10. The second-order valence-corrected chi connectivity index (χ2v) is 7.33. The zero-order valence-electron chi connectivity index (χ0n) is 15.6. The molecule has 0 atom stereocenters. The van der Waals surface area contributed by atoms with Gasteiger partial charge in [-0.05, 0) is 36.8 Å². The third-order valence-electron chi connectivity index (χ3n) is 4.41. The summed E-state index contributed by atoms with van der Waals surface area (Å²) < 4.78 is 26.0. The Bertz CT molecular complexity index is 985. The van der Waals surface area contributed by atoms with E-state index in [0.717, 1.165) is 30.7 Å². The maximum Gasteiger partial charge on any atom is 0.226 e. The number of nitrogens with one attached hydrogen (secondary N) is 1. The lowest BCUT2D eigenvalue weighted by Crippen LogP contribution is -2.23. The molecule has 0 unspecified atom stereocenters. The molecule has 1 aromatic heterocycles. The number of hydrogen-bond donors (Lipinski definition) is 1. The third kappa shape index (κ3) is 5.11. The fourth-order valence-electron chi connectivity index (χ4n) is 2.97. The number of ether oxygens (including phenoxy) is 2. The molecule has 2 heterocycles. The number of anilines is 1. The number of nitrogens with zero attached hydrogens (tertiary/aromatic N) is 3. The van der Waals surface area contributed by atoms with Crippen molar-refractivity contribution in [1.29, 1.82) is 0 Å². The monoisotopic (exact) mass is 462 g/mol. The molecular formula is C20H20BrFN4O3. The number of benzene rings is 2. The van der Waals surface area contributed by atoms with E-state index in [1.165, 1.54) is 12.4 Å². The Morgan fingerprint density at radius 1 is 1.17 bits per heavy atom. The molecule has 1 aliphatic rings. The number of halogens is 2. The van der Waals surface area contributed by atoms with Crippen LogP contribution in [0.5, 0.6) is 11.6 Å². The van der Waals surface area contributed by atoms with Gasteiger partial charge in [0.25, 0.3) is 0 Å². The molecule has 1 fully saturated rings. The molecule has 1 saturated heterocycles. The van der Waals surface area contributed by atoms with Crippen molar-refractivity contribution in [2.45, 2.75) is 6.42 Å². The van der Waals surface area contributed by atoms with Crippen LogP contribution in [0, 0.1) is 5.82 Å². The summed E-state index contributed by atoms with van der Waals surface area (Å²) >= 11 is 3.23. The van der Waals surface area contributed by atoms with Gasteiger partial charge in [-0.3, -0.25) is 4.84 Å². The SMILES string of the molecule is Fc1cc(Br)ccc1NCOc1ncnc2cc(OCCN3CCCO3)ccc12. The molecule has 2 aromatic carbocycles. The van der Waals surface area contributed by atoms with Gasteiger partial charge in [-0.25, -0.2) is 14.4 Å². The Kier molecular flexibility index (Phi) is 6.38. The van der Waals surface area contributed by atoms with Crippen LogP contribution < -0.4 is 14.8 Å². The summed E-state index contributed by atoms with van der Waals surface area (Å²) in [5.74, 6) is 0.769. The Morgan fingerprint density at radius 2 is 2.10 bits per heavy atom. The number of hydroxylamine groups is 2. The van der Waals surface area contributed by atoms with Gasteiger partial charge in [-0.15, -0.1) is 0 Å². The largest absolute Gasteiger partial charge is 0.492 e. The Balaban J connectivity index is 1.36. The van der Waals surface area contributed by atoms with Gasteiger partial charge in [0, 0.05) is 17.1 Å². The quantitative estimate of drug-likeness (QED) is 0.507. The highest BCUT2D eigenvalue weighted by atomic mass is 79.9. The maximum absolute atomic E-state index is 13.9. The van der Waals surface area contributed by atoms with Gasteiger partial charge in [0.15, 0.2) is 6.73 Å². The van der Waals surface area contributed by atoms with Crippen LogP contribution in [-0.4, -0.2) is 48.1 Å². The summed E-state index contributed by atoms with van der Waals surface area (Å²) in [6.45, 7) is 3.03. The molecule has 1 N–H and O–H groups in total. The molecule has 0 saturated carbocycles. The molecule has 0 amide bonds. The van der Waals surface area contributed by atoms with E-state index in [0.29, 0.717) is 34.7 Å². The van der Waals surface area contributed by atoms with E-state index in [1.807, 2.05) is 23.3 Å². The predicted molar refractivity (Wildman–Crippen MR) is 110 cm³/mol. The van der Waals surface area contributed by atoms with E-state index in [2.05, 4.69) is 31.2 Å². The smallest absolute Gasteiger partial charge is 0.226 e. The normalized spacial score (nSPS) is 14.3. The van der Waals surface area contributed by atoms with Gasteiger partial charge in [0.05, 0.1) is 29.7 Å². The van der Waals surface area contributed by atoms with Crippen LogP contribution in [-0.2, 0) is 4.84 Å². The van der Waals surface area contributed by atoms with Crippen LogP contribution in [0.25, 0.3) is 10.9 Å².